The van der Waals surface area contributed by atoms with Crippen LogP contribution in [-0.2, 0) is 20.8 Å². The van der Waals surface area contributed by atoms with Gasteiger partial charge in [0.2, 0.25) is 17.7 Å². The van der Waals surface area contributed by atoms with E-state index in [9.17, 15) is 14.4 Å². The summed E-state index contributed by atoms with van der Waals surface area (Å²) in [6.07, 6.45) is 7.78. The SMILES string of the molecule is CC[C@@H](C)C(=O)N[C@H]1CCC[C@H]2CCC(C(=O)NC3CCCc4ccccc43)N2C1=O. The smallest absolute Gasteiger partial charge is 0.246 e. The van der Waals surface area contributed by atoms with E-state index in [0.29, 0.717) is 12.8 Å². The first kappa shape index (κ1) is 21.8. The molecule has 0 spiro atoms. The highest BCUT2D eigenvalue weighted by atomic mass is 16.2. The lowest BCUT2D eigenvalue weighted by Crippen LogP contribution is -2.55. The van der Waals surface area contributed by atoms with Crippen molar-refractivity contribution >= 4 is 17.7 Å². The molecule has 2 aliphatic heterocycles. The highest BCUT2D eigenvalue weighted by molar-refractivity contribution is 5.93. The van der Waals surface area contributed by atoms with Gasteiger partial charge in [-0.2, -0.15) is 0 Å². The second kappa shape index (κ2) is 9.41. The maximum absolute atomic E-state index is 13.4. The zero-order chi connectivity index (χ0) is 22.0. The average Bonchev–Trinajstić information content (AvgIpc) is 3.15. The van der Waals surface area contributed by atoms with E-state index in [1.54, 1.807) is 4.90 Å². The molecule has 2 saturated heterocycles. The third-order valence-corrected chi connectivity index (χ3v) is 7.45. The van der Waals surface area contributed by atoms with Crippen LogP contribution in [0.1, 0.15) is 82.4 Å². The summed E-state index contributed by atoms with van der Waals surface area (Å²) in [6, 6.07) is 7.48. The Bertz CT molecular complexity index is 839. The molecule has 3 aliphatic rings. The number of rotatable bonds is 5. The Morgan fingerprint density at radius 1 is 1.03 bits per heavy atom. The fourth-order valence-corrected chi connectivity index (χ4v) is 5.42. The van der Waals surface area contributed by atoms with Crippen molar-refractivity contribution in [3.05, 3.63) is 35.4 Å². The highest BCUT2D eigenvalue weighted by Crippen LogP contribution is 2.34. The molecule has 168 valence electrons. The Hall–Kier alpha value is -2.37. The van der Waals surface area contributed by atoms with Crippen LogP contribution >= 0.6 is 0 Å². The summed E-state index contributed by atoms with van der Waals surface area (Å²) in [5, 5.41) is 6.22. The number of hydrogen-bond donors (Lipinski definition) is 2. The Morgan fingerprint density at radius 2 is 1.81 bits per heavy atom. The number of aryl methyl sites for hydroxylation is 1. The predicted octanol–water partition coefficient (Wildman–Crippen LogP) is 3.25. The largest absolute Gasteiger partial charge is 0.347 e. The Balaban J connectivity index is 1.47. The first-order valence-electron chi connectivity index (χ1n) is 12.0. The van der Waals surface area contributed by atoms with Crippen LogP contribution in [0.15, 0.2) is 24.3 Å². The molecule has 4 rings (SSSR count). The second-order valence-corrected chi connectivity index (χ2v) is 9.45. The molecule has 1 aromatic carbocycles. The van der Waals surface area contributed by atoms with Gasteiger partial charge in [-0.25, -0.2) is 0 Å². The molecule has 3 amide bonds. The topological polar surface area (TPSA) is 78.5 Å². The maximum atomic E-state index is 13.4. The van der Waals surface area contributed by atoms with Crippen molar-refractivity contribution in [1.29, 1.82) is 0 Å². The van der Waals surface area contributed by atoms with E-state index in [-0.39, 0.29) is 35.7 Å². The molecule has 1 aliphatic carbocycles. The van der Waals surface area contributed by atoms with Gasteiger partial charge in [0.15, 0.2) is 0 Å². The molecule has 2 unspecified atom stereocenters. The first-order valence-corrected chi connectivity index (χ1v) is 12.0. The van der Waals surface area contributed by atoms with Gasteiger partial charge in [-0.05, 0) is 68.9 Å². The highest BCUT2D eigenvalue weighted by Gasteiger charge is 2.45. The van der Waals surface area contributed by atoms with Gasteiger partial charge in [0, 0.05) is 12.0 Å². The summed E-state index contributed by atoms with van der Waals surface area (Å²) in [5.41, 5.74) is 2.51. The molecule has 31 heavy (non-hydrogen) atoms. The molecule has 0 radical (unpaired) electrons. The van der Waals surface area contributed by atoms with Crippen molar-refractivity contribution in [3.8, 4) is 0 Å². The van der Waals surface area contributed by atoms with E-state index in [2.05, 4.69) is 22.8 Å². The maximum Gasteiger partial charge on any atom is 0.246 e. The van der Waals surface area contributed by atoms with Gasteiger partial charge in [0.25, 0.3) is 0 Å². The molecule has 2 heterocycles. The number of carbonyl (C=O) groups is 3. The Kier molecular flexibility index (Phi) is 6.63. The average molecular weight is 426 g/mol. The number of hydrogen-bond acceptors (Lipinski definition) is 3. The van der Waals surface area contributed by atoms with Gasteiger partial charge < -0.3 is 15.5 Å². The van der Waals surface area contributed by atoms with Crippen molar-refractivity contribution in [2.24, 2.45) is 5.92 Å². The van der Waals surface area contributed by atoms with Gasteiger partial charge >= 0.3 is 0 Å². The van der Waals surface area contributed by atoms with Gasteiger partial charge in [0.1, 0.15) is 12.1 Å². The van der Waals surface area contributed by atoms with Crippen LogP contribution in [0.5, 0.6) is 0 Å². The Labute approximate surface area is 185 Å². The summed E-state index contributed by atoms with van der Waals surface area (Å²) in [6.45, 7) is 3.85. The number of nitrogens with zero attached hydrogens (tertiary/aromatic N) is 1. The van der Waals surface area contributed by atoms with Crippen LogP contribution in [0.4, 0.5) is 0 Å². The fraction of sp³-hybridized carbons (Fsp3) is 0.640. The van der Waals surface area contributed by atoms with E-state index in [0.717, 1.165) is 44.9 Å². The molecule has 0 bridgehead atoms. The third-order valence-electron chi connectivity index (χ3n) is 7.45. The van der Waals surface area contributed by atoms with Gasteiger partial charge in [-0.1, -0.05) is 38.1 Å². The lowest BCUT2D eigenvalue weighted by Gasteiger charge is -2.33. The quantitative estimate of drug-likeness (QED) is 0.760. The molecule has 2 N–H and O–H groups in total. The van der Waals surface area contributed by atoms with Crippen molar-refractivity contribution in [2.45, 2.75) is 95.8 Å². The Morgan fingerprint density at radius 3 is 2.61 bits per heavy atom. The molecular formula is C25H35N3O3. The van der Waals surface area contributed by atoms with Gasteiger partial charge in [-0.15, -0.1) is 0 Å². The monoisotopic (exact) mass is 425 g/mol. The van der Waals surface area contributed by atoms with Crippen LogP contribution in [-0.4, -0.2) is 40.7 Å². The van der Waals surface area contributed by atoms with E-state index in [1.807, 2.05) is 26.0 Å². The van der Waals surface area contributed by atoms with E-state index in [4.69, 9.17) is 0 Å². The van der Waals surface area contributed by atoms with Gasteiger partial charge in [0.05, 0.1) is 6.04 Å². The molecule has 6 nitrogen and oxygen atoms in total. The summed E-state index contributed by atoms with van der Waals surface area (Å²) < 4.78 is 0. The lowest BCUT2D eigenvalue weighted by molar-refractivity contribution is -0.143. The normalized spacial score (nSPS) is 28.8. The summed E-state index contributed by atoms with van der Waals surface area (Å²) in [5.74, 6) is -0.318. The van der Waals surface area contributed by atoms with E-state index >= 15 is 0 Å². The van der Waals surface area contributed by atoms with Crippen molar-refractivity contribution in [3.63, 3.8) is 0 Å². The zero-order valence-electron chi connectivity index (χ0n) is 18.7. The lowest BCUT2D eigenvalue weighted by atomic mass is 9.87. The van der Waals surface area contributed by atoms with Crippen molar-refractivity contribution in [1.82, 2.24) is 15.5 Å². The fourth-order valence-electron chi connectivity index (χ4n) is 5.42. The standard InChI is InChI=1S/C25H35N3O3/c1-3-16(2)23(29)27-21-13-7-10-18-14-15-22(28(18)25(21)31)24(30)26-20-12-6-9-17-8-4-5-11-19(17)20/h4-5,8,11,16,18,20-22H,3,6-7,9-10,12-15H2,1-2H3,(H,26,30)(H,27,29)/t16-,18+,20?,21+,22?/m1/s1. The third kappa shape index (κ3) is 4.48. The molecule has 5 atom stereocenters. The predicted molar refractivity (Wildman–Crippen MR) is 119 cm³/mol. The molecule has 2 fully saturated rings. The molecule has 0 aromatic heterocycles. The molecule has 0 saturated carbocycles. The van der Waals surface area contributed by atoms with Crippen molar-refractivity contribution < 1.29 is 14.4 Å². The van der Waals surface area contributed by atoms with E-state index < -0.39 is 12.1 Å². The second-order valence-electron chi connectivity index (χ2n) is 9.45. The summed E-state index contributed by atoms with van der Waals surface area (Å²) in [4.78, 5) is 41.0. The minimum absolute atomic E-state index is 0.0134. The number of carbonyl (C=O) groups excluding carboxylic acids is 3. The summed E-state index contributed by atoms with van der Waals surface area (Å²) in [7, 11) is 0. The van der Waals surface area contributed by atoms with Crippen LogP contribution in [0.2, 0.25) is 0 Å². The van der Waals surface area contributed by atoms with Gasteiger partial charge in [-0.3, -0.25) is 14.4 Å². The number of benzene rings is 1. The minimum Gasteiger partial charge on any atom is -0.347 e. The van der Waals surface area contributed by atoms with Crippen LogP contribution < -0.4 is 10.6 Å². The molecule has 1 aromatic rings. The van der Waals surface area contributed by atoms with E-state index in [1.165, 1.54) is 11.1 Å². The number of amides is 3. The van der Waals surface area contributed by atoms with Crippen LogP contribution in [0.3, 0.4) is 0 Å². The molecular weight excluding hydrogens is 390 g/mol. The molecule has 6 heteroatoms. The number of fused-ring (bicyclic) bond motifs is 2. The number of nitrogens with one attached hydrogen (secondary N) is 2. The van der Waals surface area contributed by atoms with Crippen LogP contribution in [0, 0.1) is 5.92 Å². The zero-order valence-corrected chi connectivity index (χ0v) is 18.7. The van der Waals surface area contributed by atoms with Crippen LogP contribution in [0.25, 0.3) is 0 Å². The first-order chi connectivity index (χ1) is 15.0. The minimum atomic E-state index is -0.518. The van der Waals surface area contributed by atoms with Crippen molar-refractivity contribution in [2.75, 3.05) is 0 Å². The summed E-state index contributed by atoms with van der Waals surface area (Å²) >= 11 is 0.